The van der Waals surface area contributed by atoms with Gasteiger partial charge in [0, 0.05) is 5.56 Å². The summed E-state index contributed by atoms with van der Waals surface area (Å²) in [4.78, 5) is 46.9. The number of benzene rings is 2. The Morgan fingerprint density at radius 3 is 2.15 bits per heavy atom. The molecule has 138 valence electrons. The van der Waals surface area contributed by atoms with Gasteiger partial charge in [-0.1, -0.05) is 41.6 Å². The van der Waals surface area contributed by atoms with Crippen molar-refractivity contribution in [3.05, 3.63) is 70.8 Å². The molecule has 0 N–H and O–H groups in total. The van der Waals surface area contributed by atoms with Crippen molar-refractivity contribution in [2.45, 2.75) is 6.61 Å². The van der Waals surface area contributed by atoms with Crippen LogP contribution in [0.3, 0.4) is 0 Å². The molecular formula is C19H16N2O6. The minimum absolute atomic E-state index is 0.0541. The Balaban J connectivity index is 1.84. The molecule has 1 heterocycles. The summed E-state index contributed by atoms with van der Waals surface area (Å²) in [6, 6.07) is 13.2. The molecule has 0 atom stereocenters. The Labute approximate surface area is 154 Å². The second-order valence-electron chi connectivity index (χ2n) is 5.49. The first-order valence-corrected chi connectivity index (χ1v) is 7.97. The SMILES string of the molecule is CON=C(C(=O)OC)c1ccccc1CON1C(=O)c2ccccc2C1=O. The van der Waals surface area contributed by atoms with Crippen LogP contribution in [0.2, 0.25) is 0 Å². The number of oxime groups is 1. The Morgan fingerprint density at radius 2 is 1.56 bits per heavy atom. The zero-order chi connectivity index (χ0) is 19.4. The summed E-state index contributed by atoms with van der Waals surface area (Å²) >= 11 is 0. The monoisotopic (exact) mass is 368 g/mol. The number of carbonyl (C=O) groups is 3. The van der Waals surface area contributed by atoms with E-state index in [4.69, 9.17) is 14.4 Å². The van der Waals surface area contributed by atoms with Gasteiger partial charge in [0.05, 0.1) is 18.2 Å². The molecule has 1 aliphatic rings. The minimum Gasteiger partial charge on any atom is -0.464 e. The number of fused-ring (bicyclic) bond motifs is 1. The van der Waals surface area contributed by atoms with Crippen LogP contribution in [-0.4, -0.2) is 42.8 Å². The second kappa shape index (κ2) is 7.79. The lowest BCUT2D eigenvalue weighted by atomic mass is 10.0. The second-order valence-corrected chi connectivity index (χ2v) is 5.49. The highest BCUT2D eigenvalue weighted by molar-refractivity contribution is 6.43. The van der Waals surface area contributed by atoms with Gasteiger partial charge in [-0.15, -0.1) is 5.06 Å². The molecule has 0 aromatic heterocycles. The summed E-state index contributed by atoms with van der Waals surface area (Å²) in [5.74, 6) is -1.76. The number of hydrogen-bond acceptors (Lipinski definition) is 7. The van der Waals surface area contributed by atoms with Crippen LogP contribution in [0, 0.1) is 0 Å². The summed E-state index contributed by atoms with van der Waals surface area (Å²) in [6.45, 7) is -0.138. The normalized spacial score (nSPS) is 13.6. The maximum Gasteiger partial charge on any atom is 0.360 e. The lowest BCUT2D eigenvalue weighted by molar-refractivity contribution is -0.132. The van der Waals surface area contributed by atoms with Crippen molar-refractivity contribution in [3.63, 3.8) is 0 Å². The zero-order valence-corrected chi connectivity index (χ0v) is 14.7. The largest absolute Gasteiger partial charge is 0.464 e. The number of imide groups is 1. The van der Waals surface area contributed by atoms with Gasteiger partial charge < -0.3 is 9.57 Å². The van der Waals surface area contributed by atoms with Gasteiger partial charge in [-0.25, -0.2) is 4.79 Å². The van der Waals surface area contributed by atoms with Crippen molar-refractivity contribution in [3.8, 4) is 0 Å². The van der Waals surface area contributed by atoms with E-state index >= 15 is 0 Å². The Morgan fingerprint density at radius 1 is 0.963 bits per heavy atom. The van der Waals surface area contributed by atoms with E-state index in [-0.39, 0.29) is 23.4 Å². The van der Waals surface area contributed by atoms with Crippen LogP contribution in [0.25, 0.3) is 0 Å². The van der Waals surface area contributed by atoms with Gasteiger partial charge in [-0.05, 0) is 17.7 Å². The van der Waals surface area contributed by atoms with Gasteiger partial charge in [0.25, 0.3) is 11.8 Å². The van der Waals surface area contributed by atoms with Gasteiger partial charge in [0.2, 0.25) is 0 Å². The average Bonchev–Trinajstić information content (AvgIpc) is 2.95. The molecule has 0 saturated carbocycles. The Hall–Kier alpha value is -3.52. The number of esters is 1. The van der Waals surface area contributed by atoms with Crippen LogP contribution >= 0.6 is 0 Å². The average molecular weight is 368 g/mol. The minimum atomic E-state index is -0.690. The molecule has 0 radical (unpaired) electrons. The van der Waals surface area contributed by atoms with Gasteiger partial charge in [-0.2, -0.15) is 0 Å². The number of carbonyl (C=O) groups excluding carboxylic acids is 3. The van der Waals surface area contributed by atoms with Crippen molar-refractivity contribution in [1.82, 2.24) is 5.06 Å². The number of hydrogen-bond donors (Lipinski definition) is 0. The third-order valence-electron chi connectivity index (χ3n) is 3.94. The number of methoxy groups -OCH3 is 1. The van der Waals surface area contributed by atoms with Crippen LogP contribution in [0.1, 0.15) is 31.8 Å². The zero-order valence-electron chi connectivity index (χ0n) is 14.7. The van der Waals surface area contributed by atoms with Crippen molar-refractivity contribution >= 4 is 23.5 Å². The maximum absolute atomic E-state index is 12.4. The number of nitrogens with zero attached hydrogens (tertiary/aromatic N) is 2. The fourth-order valence-electron chi connectivity index (χ4n) is 2.68. The molecule has 0 unspecified atom stereocenters. The fraction of sp³-hybridized carbons (Fsp3) is 0.158. The van der Waals surface area contributed by atoms with E-state index in [0.29, 0.717) is 16.2 Å². The maximum atomic E-state index is 12.4. The topological polar surface area (TPSA) is 94.5 Å². The molecule has 2 aromatic rings. The summed E-state index contributed by atoms with van der Waals surface area (Å²) in [5, 5.41) is 4.42. The summed E-state index contributed by atoms with van der Waals surface area (Å²) in [5.41, 5.74) is 1.44. The molecule has 3 rings (SSSR count). The van der Waals surface area contributed by atoms with Gasteiger partial charge in [0.15, 0.2) is 5.71 Å². The molecule has 0 saturated heterocycles. The highest BCUT2D eigenvalue weighted by Gasteiger charge is 2.36. The third-order valence-corrected chi connectivity index (χ3v) is 3.94. The third kappa shape index (κ3) is 3.42. The van der Waals surface area contributed by atoms with E-state index in [1.165, 1.54) is 14.2 Å². The number of amides is 2. The van der Waals surface area contributed by atoms with E-state index in [1.54, 1.807) is 48.5 Å². The van der Waals surface area contributed by atoms with E-state index in [2.05, 4.69) is 5.16 Å². The Bertz CT molecular complexity index is 902. The van der Waals surface area contributed by atoms with Crippen molar-refractivity contribution < 1.29 is 28.8 Å². The first-order valence-electron chi connectivity index (χ1n) is 7.97. The lowest BCUT2D eigenvalue weighted by Crippen LogP contribution is -2.30. The van der Waals surface area contributed by atoms with Crippen molar-refractivity contribution in [1.29, 1.82) is 0 Å². The quantitative estimate of drug-likeness (QED) is 0.335. The lowest BCUT2D eigenvalue weighted by Gasteiger charge is -2.15. The van der Waals surface area contributed by atoms with Gasteiger partial charge >= 0.3 is 5.97 Å². The predicted octanol–water partition coefficient (Wildman–Crippen LogP) is 1.94. The predicted molar refractivity (Wildman–Crippen MR) is 93.7 cm³/mol. The van der Waals surface area contributed by atoms with E-state index in [1.807, 2.05) is 0 Å². The molecule has 0 fully saturated rings. The van der Waals surface area contributed by atoms with E-state index < -0.39 is 17.8 Å². The first-order chi connectivity index (χ1) is 13.1. The van der Waals surface area contributed by atoms with Gasteiger partial charge in [0.1, 0.15) is 13.7 Å². The number of hydroxylamine groups is 2. The number of rotatable bonds is 6. The highest BCUT2D eigenvalue weighted by atomic mass is 16.7. The summed E-state index contributed by atoms with van der Waals surface area (Å²) in [7, 11) is 2.53. The molecule has 8 nitrogen and oxygen atoms in total. The van der Waals surface area contributed by atoms with E-state index in [0.717, 1.165) is 0 Å². The number of ether oxygens (including phenoxy) is 1. The van der Waals surface area contributed by atoms with Crippen molar-refractivity contribution in [2.75, 3.05) is 14.2 Å². The molecule has 1 aliphatic heterocycles. The first kappa shape index (κ1) is 18.3. The molecule has 27 heavy (non-hydrogen) atoms. The van der Waals surface area contributed by atoms with Crippen molar-refractivity contribution in [2.24, 2.45) is 5.16 Å². The smallest absolute Gasteiger partial charge is 0.360 e. The molecule has 8 heteroatoms. The van der Waals surface area contributed by atoms with Crippen LogP contribution in [0.4, 0.5) is 0 Å². The fourth-order valence-corrected chi connectivity index (χ4v) is 2.68. The van der Waals surface area contributed by atoms with E-state index in [9.17, 15) is 14.4 Å². The van der Waals surface area contributed by atoms with Crippen LogP contribution < -0.4 is 0 Å². The molecular weight excluding hydrogens is 352 g/mol. The summed E-state index contributed by atoms with van der Waals surface area (Å²) < 4.78 is 4.72. The molecule has 2 aromatic carbocycles. The molecule has 0 spiro atoms. The molecule has 0 aliphatic carbocycles. The highest BCUT2D eigenvalue weighted by Crippen LogP contribution is 2.24. The van der Waals surface area contributed by atoms with Crippen LogP contribution in [0.15, 0.2) is 53.7 Å². The standard InChI is InChI=1S/C19H16N2O6/c1-25-19(24)16(20-26-2)13-8-4-3-7-12(13)11-27-21-17(22)14-9-5-6-10-15(14)18(21)23/h3-10H,11H2,1-2H3. The van der Waals surface area contributed by atoms with Gasteiger partial charge in [-0.3, -0.25) is 14.4 Å². The van der Waals surface area contributed by atoms with Crippen LogP contribution in [0.5, 0.6) is 0 Å². The summed E-state index contributed by atoms with van der Waals surface area (Å²) in [6.07, 6.45) is 0. The van der Waals surface area contributed by atoms with Crippen LogP contribution in [-0.2, 0) is 25.8 Å². The molecule has 0 bridgehead atoms. The molecule has 2 amide bonds. The Kier molecular flexibility index (Phi) is 5.28.